The predicted molar refractivity (Wildman–Crippen MR) is 125 cm³/mol. The van der Waals surface area contributed by atoms with Crippen LogP contribution in [0.2, 0.25) is 0 Å². The number of rotatable bonds is 7. The highest BCUT2D eigenvalue weighted by Gasteiger charge is 2.27. The number of anilines is 2. The normalized spacial score (nSPS) is 12.1. The fourth-order valence-electron chi connectivity index (χ4n) is 3.69. The van der Waals surface area contributed by atoms with E-state index in [2.05, 4.69) is 10.3 Å². The molecule has 0 saturated heterocycles. The van der Waals surface area contributed by atoms with E-state index in [1.54, 1.807) is 41.0 Å². The van der Waals surface area contributed by atoms with Gasteiger partial charge in [0.05, 0.1) is 28.0 Å². The van der Waals surface area contributed by atoms with Gasteiger partial charge >= 0.3 is 5.97 Å². The molecule has 7 nitrogen and oxygen atoms in total. The van der Waals surface area contributed by atoms with Crippen LogP contribution in [0.5, 0.6) is 0 Å². The first-order chi connectivity index (χ1) is 15.9. The number of fused-ring (bicyclic) bond motifs is 1. The van der Waals surface area contributed by atoms with Gasteiger partial charge < -0.3 is 15.0 Å². The number of alkyl halides is 2. The second-order valence-electron chi connectivity index (χ2n) is 8.00. The number of carboxylic acid groups (broad SMARTS) is 1. The summed E-state index contributed by atoms with van der Waals surface area (Å²) in [5, 5.41) is 12.4. The van der Waals surface area contributed by atoms with Crippen molar-refractivity contribution in [2.75, 3.05) is 11.6 Å². The van der Waals surface area contributed by atoms with Crippen LogP contribution in [-0.4, -0.2) is 35.3 Å². The Balaban J connectivity index is 1.81. The molecule has 0 bridgehead atoms. The van der Waals surface area contributed by atoms with Gasteiger partial charge in [-0.3, -0.25) is 0 Å². The lowest BCUT2D eigenvalue weighted by molar-refractivity contribution is 0.0164. The van der Waals surface area contributed by atoms with Crippen LogP contribution in [0, 0.1) is 0 Å². The lowest BCUT2D eigenvalue weighted by atomic mass is 10.0. The third-order valence-corrected chi connectivity index (χ3v) is 6.48. The van der Waals surface area contributed by atoms with Crippen molar-refractivity contribution in [2.24, 2.45) is 0 Å². The lowest BCUT2D eigenvalue weighted by Crippen LogP contribution is -2.14. The topological polar surface area (TPSA) is 101 Å². The van der Waals surface area contributed by atoms with Crippen LogP contribution in [0.1, 0.15) is 28.4 Å². The van der Waals surface area contributed by atoms with Crippen LogP contribution in [0.4, 0.5) is 20.4 Å². The highest BCUT2D eigenvalue weighted by atomic mass is 32.2. The summed E-state index contributed by atoms with van der Waals surface area (Å²) in [6.45, 7) is 0.881. The van der Waals surface area contributed by atoms with Gasteiger partial charge in [0.15, 0.2) is 9.84 Å². The number of hydrogen-bond acceptors (Lipinski definition) is 5. The fraction of sp³-hybridized carbons (Fsp3) is 0.167. The summed E-state index contributed by atoms with van der Waals surface area (Å²) in [7, 11) is -3.37. The van der Waals surface area contributed by atoms with E-state index in [-0.39, 0.29) is 22.6 Å². The number of benzene rings is 3. The minimum atomic E-state index is -3.37. The van der Waals surface area contributed by atoms with Crippen molar-refractivity contribution in [1.82, 2.24) is 9.55 Å². The molecule has 2 N–H and O–H groups in total. The van der Waals surface area contributed by atoms with E-state index in [0.717, 1.165) is 13.2 Å². The zero-order valence-corrected chi connectivity index (χ0v) is 19.1. The average molecular weight is 486 g/mol. The molecule has 4 rings (SSSR count). The van der Waals surface area contributed by atoms with Crippen molar-refractivity contribution >= 4 is 38.5 Å². The summed E-state index contributed by atoms with van der Waals surface area (Å²) in [4.78, 5) is 16.0. The first-order valence-corrected chi connectivity index (χ1v) is 12.1. The molecule has 0 unspecified atom stereocenters. The van der Waals surface area contributed by atoms with E-state index >= 15 is 0 Å². The molecular formula is C24H21F2N3O4S. The summed E-state index contributed by atoms with van der Waals surface area (Å²) in [5.74, 6) is -3.88. The fourth-order valence-corrected chi connectivity index (χ4v) is 4.32. The maximum Gasteiger partial charge on any atom is 0.335 e. The zero-order chi connectivity index (χ0) is 24.7. The Bertz CT molecular complexity index is 1490. The van der Waals surface area contributed by atoms with Crippen LogP contribution in [0.15, 0.2) is 71.6 Å². The van der Waals surface area contributed by atoms with Crippen molar-refractivity contribution in [2.45, 2.75) is 24.3 Å². The minimum absolute atomic E-state index is 0.0432. The molecule has 1 aromatic heterocycles. The second-order valence-corrected chi connectivity index (χ2v) is 10.0. The molecule has 10 heteroatoms. The van der Waals surface area contributed by atoms with Gasteiger partial charge in [-0.25, -0.2) is 27.0 Å². The van der Waals surface area contributed by atoms with Gasteiger partial charge in [0.25, 0.3) is 5.92 Å². The molecule has 4 aromatic rings. The number of nitrogens with one attached hydrogen (secondary N) is 1. The minimum Gasteiger partial charge on any atom is -0.478 e. The number of carbonyl (C=O) groups is 1. The first-order valence-electron chi connectivity index (χ1n) is 10.2. The number of halogens is 2. The van der Waals surface area contributed by atoms with Crippen molar-refractivity contribution in [3.05, 3.63) is 83.4 Å². The lowest BCUT2D eigenvalue weighted by Gasteiger charge is -2.18. The smallest absolute Gasteiger partial charge is 0.335 e. The number of aromatic nitrogens is 2. The van der Waals surface area contributed by atoms with Crippen LogP contribution >= 0.6 is 0 Å². The predicted octanol–water partition coefficient (Wildman–Crippen LogP) is 5.04. The van der Waals surface area contributed by atoms with E-state index in [0.29, 0.717) is 28.2 Å². The van der Waals surface area contributed by atoms with Crippen molar-refractivity contribution in [1.29, 1.82) is 0 Å². The number of sulfone groups is 1. The number of imidazole rings is 1. The molecule has 0 saturated carbocycles. The Morgan fingerprint density at radius 2 is 1.76 bits per heavy atom. The average Bonchev–Trinajstić information content (AvgIpc) is 3.09. The molecule has 0 atom stereocenters. The zero-order valence-electron chi connectivity index (χ0n) is 18.3. The SMILES string of the molecule is CC(F)(F)c1ccccc1Cn1c(Nc2ccc(S(C)(=O)=O)cc2)nc2cc(C(=O)O)ccc21. The summed E-state index contributed by atoms with van der Waals surface area (Å²) >= 11 is 0. The molecule has 176 valence electrons. The molecule has 0 fully saturated rings. The Morgan fingerprint density at radius 3 is 2.38 bits per heavy atom. The van der Waals surface area contributed by atoms with Gasteiger partial charge in [-0.1, -0.05) is 24.3 Å². The molecule has 0 spiro atoms. The Labute approximate surface area is 194 Å². The van der Waals surface area contributed by atoms with Crippen molar-refractivity contribution in [3.8, 4) is 0 Å². The standard InChI is InChI=1S/C24H21F2N3O4S/c1-24(25,26)19-6-4-3-5-16(19)14-29-21-12-7-15(22(30)31)13-20(21)28-23(29)27-17-8-10-18(11-9-17)34(2,32)33/h3-13H,14H2,1-2H3,(H,27,28)(H,30,31). The van der Waals surface area contributed by atoms with Crippen LogP contribution in [0.25, 0.3) is 11.0 Å². The molecule has 0 aliphatic rings. The number of nitrogens with zero attached hydrogens (tertiary/aromatic N) is 2. The summed E-state index contributed by atoms with van der Waals surface area (Å²) in [6.07, 6.45) is 1.11. The summed E-state index contributed by atoms with van der Waals surface area (Å²) in [6, 6.07) is 16.6. The number of carboxylic acids is 1. The highest BCUT2D eigenvalue weighted by Crippen LogP contribution is 2.32. The van der Waals surface area contributed by atoms with Crippen molar-refractivity contribution in [3.63, 3.8) is 0 Å². The van der Waals surface area contributed by atoms with Gasteiger partial charge in [-0.2, -0.15) is 0 Å². The second kappa shape index (κ2) is 8.53. The van der Waals surface area contributed by atoms with E-state index in [9.17, 15) is 27.1 Å². The van der Waals surface area contributed by atoms with E-state index in [4.69, 9.17) is 0 Å². The molecule has 34 heavy (non-hydrogen) atoms. The summed E-state index contributed by atoms with van der Waals surface area (Å²) < 4.78 is 53.6. The van der Waals surface area contributed by atoms with Gasteiger partial charge in [0, 0.05) is 24.4 Å². The quantitative estimate of drug-likeness (QED) is 0.380. The maximum absolute atomic E-state index is 14.2. The van der Waals surface area contributed by atoms with Gasteiger partial charge in [-0.15, -0.1) is 0 Å². The number of aromatic carboxylic acids is 1. The molecule has 0 aliphatic carbocycles. The maximum atomic E-state index is 14.2. The molecule has 0 aliphatic heterocycles. The Hall–Kier alpha value is -3.79. The molecule has 3 aromatic carbocycles. The summed E-state index contributed by atoms with van der Waals surface area (Å²) in [5.41, 5.74) is 1.75. The molecule has 0 radical (unpaired) electrons. The first kappa shape index (κ1) is 23.4. The van der Waals surface area contributed by atoms with Crippen molar-refractivity contribution < 1.29 is 27.1 Å². The largest absolute Gasteiger partial charge is 0.478 e. The molecule has 1 heterocycles. The highest BCUT2D eigenvalue weighted by molar-refractivity contribution is 7.90. The van der Waals surface area contributed by atoms with E-state index in [1.165, 1.54) is 30.3 Å². The van der Waals surface area contributed by atoms with E-state index in [1.807, 2.05) is 0 Å². The van der Waals surface area contributed by atoms with Crippen LogP contribution in [0.3, 0.4) is 0 Å². The monoisotopic (exact) mass is 485 g/mol. The Kier molecular flexibility index (Phi) is 5.86. The Morgan fingerprint density at radius 1 is 1.09 bits per heavy atom. The van der Waals surface area contributed by atoms with Crippen LogP contribution in [-0.2, 0) is 22.3 Å². The molecular weight excluding hydrogens is 464 g/mol. The van der Waals surface area contributed by atoms with Crippen LogP contribution < -0.4 is 5.32 Å². The third kappa shape index (κ3) is 4.76. The van der Waals surface area contributed by atoms with Gasteiger partial charge in [0.1, 0.15) is 0 Å². The molecule has 0 amide bonds. The number of hydrogen-bond donors (Lipinski definition) is 2. The van der Waals surface area contributed by atoms with Gasteiger partial charge in [0.2, 0.25) is 5.95 Å². The third-order valence-electron chi connectivity index (χ3n) is 5.35. The van der Waals surface area contributed by atoms with E-state index < -0.39 is 21.7 Å². The van der Waals surface area contributed by atoms with Gasteiger partial charge in [-0.05, 0) is 48.0 Å².